The molecule has 0 aliphatic carbocycles. The second-order valence-electron chi connectivity index (χ2n) is 10.6. The molecule has 2 aliphatic heterocycles. The van der Waals surface area contributed by atoms with Crippen LogP contribution in [0.4, 0.5) is 13.2 Å². The van der Waals surface area contributed by atoms with Crippen LogP contribution in [0.25, 0.3) is 0 Å². The maximum absolute atomic E-state index is 13.9. The number of carbonyl (C=O) groups is 1. The molecule has 0 radical (unpaired) electrons. The van der Waals surface area contributed by atoms with Gasteiger partial charge in [0.05, 0.1) is 24.0 Å². The number of halogens is 4. The van der Waals surface area contributed by atoms with Gasteiger partial charge in [-0.05, 0) is 74.7 Å². The number of nitrogens with one attached hydrogen (secondary N) is 2. The minimum atomic E-state index is -4.99. The first-order chi connectivity index (χ1) is 18.8. The number of hydrogen-bond acceptors (Lipinski definition) is 5. The lowest BCUT2D eigenvalue weighted by molar-refractivity contribution is -0.158. The van der Waals surface area contributed by atoms with Crippen molar-refractivity contribution in [2.24, 2.45) is 0 Å². The number of nitrogens with zero attached hydrogens (tertiary/aromatic N) is 1. The fraction of sp³-hybridized carbons (Fsp3) is 0.536. The Hall–Kier alpha value is -2.34. The Bertz CT molecular complexity index is 1330. The SMILES string of the molecule is Cc1cc(S(=O)(=O)N[C@@H](CC(=O)N[C@@H]2CCOc3cc(CN4CCCCCC4)ccc32)C(F)(F)F)c(C)cc1Cl. The van der Waals surface area contributed by atoms with Crippen molar-refractivity contribution in [2.75, 3.05) is 19.7 Å². The van der Waals surface area contributed by atoms with Crippen molar-refractivity contribution in [2.45, 2.75) is 82.1 Å². The molecule has 2 aromatic rings. The van der Waals surface area contributed by atoms with Gasteiger partial charge in [-0.25, -0.2) is 8.42 Å². The summed E-state index contributed by atoms with van der Waals surface area (Å²) in [6.45, 7) is 6.16. The summed E-state index contributed by atoms with van der Waals surface area (Å²) in [5, 5.41) is 2.96. The van der Waals surface area contributed by atoms with Crippen molar-refractivity contribution >= 4 is 27.5 Å². The van der Waals surface area contributed by atoms with Crippen LogP contribution in [0.5, 0.6) is 5.75 Å². The van der Waals surface area contributed by atoms with Gasteiger partial charge in [0.15, 0.2) is 0 Å². The molecule has 0 bridgehead atoms. The summed E-state index contributed by atoms with van der Waals surface area (Å²) in [6, 6.07) is 5.18. The van der Waals surface area contributed by atoms with E-state index in [9.17, 15) is 26.4 Å². The van der Waals surface area contributed by atoms with Gasteiger partial charge in [0.2, 0.25) is 15.9 Å². The smallest absolute Gasteiger partial charge is 0.405 e. The molecule has 1 saturated heterocycles. The average molecular weight is 602 g/mol. The second kappa shape index (κ2) is 12.7. The van der Waals surface area contributed by atoms with Crippen molar-refractivity contribution in [1.82, 2.24) is 14.9 Å². The van der Waals surface area contributed by atoms with E-state index in [4.69, 9.17) is 16.3 Å². The molecule has 0 spiro atoms. The van der Waals surface area contributed by atoms with Crippen LogP contribution in [0, 0.1) is 13.8 Å². The van der Waals surface area contributed by atoms with Gasteiger partial charge in [-0.2, -0.15) is 17.9 Å². The van der Waals surface area contributed by atoms with Crippen LogP contribution >= 0.6 is 11.6 Å². The molecule has 0 unspecified atom stereocenters. The number of fused-ring (bicyclic) bond motifs is 1. The molecule has 40 heavy (non-hydrogen) atoms. The average Bonchev–Trinajstić information content (AvgIpc) is 3.14. The zero-order chi connectivity index (χ0) is 29.1. The molecule has 2 heterocycles. The number of aryl methyl sites for hydroxylation is 2. The number of hydrogen-bond donors (Lipinski definition) is 2. The minimum Gasteiger partial charge on any atom is -0.493 e. The van der Waals surface area contributed by atoms with Crippen molar-refractivity contribution in [1.29, 1.82) is 0 Å². The molecule has 12 heteroatoms. The third-order valence-electron chi connectivity index (χ3n) is 7.39. The van der Waals surface area contributed by atoms with Crippen molar-refractivity contribution in [3.05, 3.63) is 57.6 Å². The van der Waals surface area contributed by atoms with E-state index in [1.165, 1.54) is 44.7 Å². The summed E-state index contributed by atoms with van der Waals surface area (Å²) in [5.41, 5.74) is 2.37. The Kier molecular flexibility index (Phi) is 9.70. The highest BCUT2D eigenvalue weighted by molar-refractivity contribution is 7.89. The molecule has 4 rings (SSSR count). The molecular weight excluding hydrogens is 567 g/mol. The lowest BCUT2D eigenvalue weighted by Gasteiger charge is -2.29. The lowest BCUT2D eigenvalue weighted by atomic mass is 9.98. The van der Waals surface area contributed by atoms with Crippen molar-refractivity contribution in [3.8, 4) is 5.75 Å². The summed E-state index contributed by atoms with van der Waals surface area (Å²) in [5.74, 6) is -0.314. The Balaban J connectivity index is 1.45. The number of sulfonamides is 1. The Morgan fingerprint density at radius 2 is 1.80 bits per heavy atom. The highest BCUT2D eigenvalue weighted by Gasteiger charge is 2.44. The van der Waals surface area contributed by atoms with Gasteiger partial charge in [-0.3, -0.25) is 9.69 Å². The van der Waals surface area contributed by atoms with Crippen LogP contribution in [0.3, 0.4) is 0 Å². The van der Waals surface area contributed by atoms with Gasteiger partial charge in [0.25, 0.3) is 0 Å². The molecule has 2 aromatic carbocycles. The van der Waals surface area contributed by atoms with E-state index in [2.05, 4.69) is 10.2 Å². The molecule has 1 fully saturated rings. The Morgan fingerprint density at radius 1 is 1.10 bits per heavy atom. The largest absolute Gasteiger partial charge is 0.493 e. The number of alkyl halides is 3. The van der Waals surface area contributed by atoms with Crippen molar-refractivity contribution in [3.63, 3.8) is 0 Å². The second-order valence-corrected chi connectivity index (χ2v) is 12.7. The van der Waals surface area contributed by atoms with Crippen LogP contribution in [0.1, 0.15) is 66.8 Å². The number of likely N-dealkylation sites (tertiary alicyclic amines) is 1. The van der Waals surface area contributed by atoms with E-state index in [1.54, 1.807) is 11.6 Å². The maximum atomic E-state index is 13.9. The molecule has 220 valence electrons. The molecule has 0 saturated carbocycles. The van der Waals surface area contributed by atoms with Crippen LogP contribution in [0.2, 0.25) is 5.02 Å². The highest BCUT2D eigenvalue weighted by Crippen LogP contribution is 2.34. The third-order valence-corrected chi connectivity index (χ3v) is 9.41. The van der Waals surface area contributed by atoms with E-state index in [-0.39, 0.29) is 10.5 Å². The topological polar surface area (TPSA) is 87.7 Å². The van der Waals surface area contributed by atoms with Crippen LogP contribution in [-0.4, -0.2) is 51.1 Å². The number of carbonyl (C=O) groups excluding carboxylic acids is 1. The summed E-state index contributed by atoms with van der Waals surface area (Å²) < 4.78 is 75.0. The molecular formula is C28H35ClF3N3O4S. The number of amides is 1. The lowest BCUT2D eigenvalue weighted by Crippen LogP contribution is -2.48. The zero-order valence-electron chi connectivity index (χ0n) is 22.6. The summed E-state index contributed by atoms with van der Waals surface area (Å²) in [4.78, 5) is 14.9. The maximum Gasteiger partial charge on any atom is 0.405 e. The first-order valence-electron chi connectivity index (χ1n) is 13.5. The molecule has 0 aromatic heterocycles. The standard InChI is InChI=1S/C28H35ClF3N3O4S/c1-18-14-25(19(2)13-22(18)29)40(37,38)34-26(28(30,31)32)16-27(36)33-23-9-12-39-24-15-20(7-8-21(23)24)17-35-10-5-3-4-6-11-35/h7-8,13-15,23,26,34H,3-6,9-12,16-17H2,1-2H3,(H,33,36)/t23-,26+/m1/s1. The monoisotopic (exact) mass is 601 g/mol. The number of ether oxygens (including phenoxy) is 1. The quantitative estimate of drug-likeness (QED) is 0.413. The fourth-order valence-corrected chi connectivity index (χ4v) is 6.94. The van der Waals surface area contributed by atoms with Gasteiger partial charge in [-0.1, -0.05) is 36.6 Å². The minimum absolute atomic E-state index is 0.197. The Labute approximate surface area is 238 Å². The van der Waals surface area contributed by atoms with Crippen LogP contribution in [-0.2, 0) is 21.4 Å². The predicted molar refractivity (Wildman–Crippen MR) is 147 cm³/mol. The summed E-state index contributed by atoms with van der Waals surface area (Å²) in [7, 11) is -4.59. The molecule has 1 amide bonds. The molecule has 2 aliphatic rings. The number of rotatable bonds is 8. The van der Waals surface area contributed by atoms with E-state index in [1.807, 2.05) is 18.2 Å². The van der Waals surface area contributed by atoms with Gasteiger partial charge in [-0.15, -0.1) is 0 Å². The van der Waals surface area contributed by atoms with E-state index in [0.717, 1.165) is 25.2 Å². The normalized spacial score (nSPS) is 19.3. The summed E-state index contributed by atoms with van der Waals surface area (Å²) >= 11 is 6.01. The van der Waals surface area contributed by atoms with Gasteiger partial charge in [0.1, 0.15) is 11.8 Å². The first-order valence-corrected chi connectivity index (χ1v) is 15.3. The summed E-state index contributed by atoms with van der Waals surface area (Å²) in [6.07, 6.45) is -0.892. The van der Waals surface area contributed by atoms with E-state index in [0.29, 0.717) is 34.9 Å². The molecule has 2 atom stereocenters. The van der Waals surface area contributed by atoms with Gasteiger partial charge < -0.3 is 10.1 Å². The van der Waals surface area contributed by atoms with Crippen molar-refractivity contribution < 1.29 is 31.1 Å². The molecule has 2 N–H and O–H groups in total. The van der Waals surface area contributed by atoms with Crippen LogP contribution in [0.15, 0.2) is 35.2 Å². The van der Waals surface area contributed by atoms with E-state index < -0.39 is 40.6 Å². The van der Waals surface area contributed by atoms with Gasteiger partial charge >= 0.3 is 6.18 Å². The highest BCUT2D eigenvalue weighted by atomic mass is 35.5. The van der Waals surface area contributed by atoms with E-state index >= 15 is 0 Å². The Morgan fingerprint density at radius 3 is 2.48 bits per heavy atom. The number of benzene rings is 2. The van der Waals surface area contributed by atoms with Crippen LogP contribution < -0.4 is 14.8 Å². The third kappa shape index (κ3) is 7.69. The molecule has 7 nitrogen and oxygen atoms in total. The fourth-order valence-electron chi connectivity index (χ4n) is 5.19. The first kappa shape index (κ1) is 30.6. The predicted octanol–water partition coefficient (Wildman–Crippen LogP) is 5.57. The zero-order valence-corrected chi connectivity index (χ0v) is 24.2. The van der Waals surface area contributed by atoms with Gasteiger partial charge in [0, 0.05) is 23.6 Å².